The first-order valence-corrected chi connectivity index (χ1v) is 14.0. The number of aromatic amines is 2. The van der Waals surface area contributed by atoms with Crippen molar-refractivity contribution < 1.29 is 26.4 Å². The van der Waals surface area contributed by atoms with Gasteiger partial charge in [-0.3, -0.25) is 13.9 Å². The summed E-state index contributed by atoms with van der Waals surface area (Å²) in [4.78, 5) is 35.2. The fourth-order valence-corrected chi connectivity index (χ4v) is 5.21. The number of halogens is 2. The van der Waals surface area contributed by atoms with Crippen molar-refractivity contribution in [3.05, 3.63) is 94.4 Å². The van der Waals surface area contributed by atoms with Crippen LogP contribution in [0, 0.1) is 11.6 Å². The zero-order chi connectivity index (χ0) is 29.1. The maximum Gasteiger partial charge on any atom is 0.276 e. The van der Waals surface area contributed by atoms with Crippen LogP contribution in [0.5, 0.6) is 0 Å². The van der Waals surface area contributed by atoms with Crippen LogP contribution in [0.15, 0.2) is 76.1 Å². The molecule has 0 saturated carbocycles. The standard InChI is InChI=1S/C29H20F2N4O5S/c1-35(41(2,38)39)25-12-26-17(20(14-36)28(40-26)15-6-8-16(30)9-7-15)10-19(25)24-13-32-29(37)27(34-24)23-11-18-21(31)4-3-5-22(18)33-23/h3-14,33H,1-2H3,(H,32,37). The summed E-state index contributed by atoms with van der Waals surface area (Å²) in [5.41, 5.74) is 1.51. The number of sulfonamides is 1. The van der Waals surface area contributed by atoms with Crippen LogP contribution in [0.3, 0.4) is 0 Å². The number of aldehydes is 1. The summed E-state index contributed by atoms with van der Waals surface area (Å²) in [5, 5.41) is 0.623. The summed E-state index contributed by atoms with van der Waals surface area (Å²) in [6.07, 6.45) is 2.94. The fraction of sp³-hybridized carbons (Fsp3) is 0.0690. The van der Waals surface area contributed by atoms with E-state index in [1.165, 1.54) is 61.8 Å². The zero-order valence-electron chi connectivity index (χ0n) is 21.5. The van der Waals surface area contributed by atoms with Crippen molar-refractivity contribution in [1.29, 1.82) is 0 Å². The molecule has 6 aromatic rings. The molecule has 2 N–H and O–H groups in total. The van der Waals surface area contributed by atoms with Crippen LogP contribution in [0.1, 0.15) is 10.4 Å². The Balaban J connectivity index is 1.60. The predicted molar refractivity (Wildman–Crippen MR) is 151 cm³/mol. The Morgan fingerprint density at radius 3 is 2.46 bits per heavy atom. The number of nitrogens with zero attached hydrogens (tertiary/aromatic N) is 2. The molecule has 0 aliphatic rings. The first kappa shape index (κ1) is 26.1. The van der Waals surface area contributed by atoms with Crippen LogP contribution < -0.4 is 9.86 Å². The van der Waals surface area contributed by atoms with E-state index in [-0.39, 0.29) is 50.6 Å². The van der Waals surface area contributed by atoms with Gasteiger partial charge in [-0.25, -0.2) is 22.2 Å². The SMILES string of the molecule is CN(c1cc2oc(-c3ccc(F)cc3)c(C=O)c2cc1-c1c[nH]c(=O)c(-c2cc3c(F)cccc3[nH]2)n1)S(C)(=O)=O. The smallest absolute Gasteiger partial charge is 0.276 e. The number of benzene rings is 3. The second-order valence-electron chi connectivity index (χ2n) is 9.41. The van der Waals surface area contributed by atoms with Crippen LogP contribution in [-0.2, 0) is 10.0 Å². The highest BCUT2D eigenvalue weighted by Crippen LogP contribution is 2.40. The van der Waals surface area contributed by atoms with E-state index in [1.807, 2.05) is 0 Å². The van der Waals surface area contributed by atoms with E-state index in [1.54, 1.807) is 12.1 Å². The van der Waals surface area contributed by atoms with E-state index in [9.17, 15) is 26.8 Å². The lowest BCUT2D eigenvalue weighted by Gasteiger charge is -2.20. The molecule has 0 bridgehead atoms. The third kappa shape index (κ3) is 4.47. The van der Waals surface area contributed by atoms with Gasteiger partial charge in [-0.1, -0.05) is 6.07 Å². The molecule has 0 radical (unpaired) electrons. The third-order valence-corrected chi connectivity index (χ3v) is 8.03. The van der Waals surface area contributed by atoms with E-state index >= 15 is 0 Å². The van der Waals surface area contributed by atoms with E-state index in [0.717, 1.165) is 10.6 Å². The topological polar surface area (TPSA) is 129 Å². The van der Waals surface area contributed by atoms with Crippen molar-refractivity contribution in [1.82, 2.24) is 15.0 Å². The zero-order valence-corrected chi connectivity index (χ0v) is 22.3. The molecule has 0 saturated heterocycles. The number of fused-ring (bicyclic) bond motifs is 2. The highest BCUT2D eigenvalue weighted by Gasteiger charge is 2.24. The van der Waals surface area contributed by atoms with Crippen LogP contribution in [-0.4, -0.2) is 43.0 Å². The van der Waals surface area contributed by atoms with Gasteiger partial charge in [-0.05, 0) is 48.5 Å². The van der Waals surface area contributed by atoms with E-state index in [4.69, 9.17) is 4.42 Å². The molecule has 0 fully saturated rings. The highest BCUT2D eigenvalue weighted by molar-refractivity contribution is 7.92. The first-order valence-electron chi connectivity index (χ1n) is 12.2. The van der Waals surface area contributed by atoms with Crippen molar-refractivity contribution >= 4 is 43.9 Å². The van der Waals surface area contributed by atoms with Gasteiger partial charge in [-0.2, -0.15) is 0 Å². The van der Waals surface area contributed by atoms with Crippen LogP contribution in [0.4, 0.5) is 14.5 Å². The summed E-state index contributed by atoms with van der Waals surface area (Å²) < 4.78 is 60.0. The first-order chi connectivity index (χ1) is 19.5. The maximum absolute atomic E-state index is 14.3. The molecule has 0 aliphatic heterocycles. The van der Waals surface area contributed by atoms with Gasteiger partial charge in [0.2, 0.25) is 10.0 Å². The highest BCUT2D eigenvalue weighted by atomic mass is 32.2. The quantitative estimate of drug-likeness (QED) is 0.253. The second kappa shape index (κ2) is 9.52. The number of hydrogen-bond donors (Lipinski definition) is 2. The average Bonchev–Trinajstić information content (AvgIpc) is 3.54. The van der Waals surface area contributed by atoms with Gasteiger partial charge in [-0.15, -0.1) is 0 Å². The van der Waals surface area contributed by atoms with Gasteiger partial charge < -0.3 is 14.4 Å². The van der Waals surface area contributed by atoms with E-state index in [0.29, 0.717) is 22.8 Å². The third-order valence-electron chi connectivity index (χ3n) is 6.84. The number of furan rings is 1. The summed E-state index contributed by atoms with van der Waals surface area (Å²) in [7, 11) is -2.44. The summed E-state index contributed by atoms with van der Waals surface area (Å²) >= 11 is 0. The number of nitrogens with one attached hydrogen (secondary N) is 2. The van der Waals surface area contributed by atoms with Crippen molar-refractivity contribution in [3.8, 4) is 34.0 Å². The van der Waals surface area contributed by atoms with Gasteiger partial charge in [0.15, 0.2) is 12.0 Å². The average molecular weight is 575 g/mol. The lowest BCUT2D eigenvalue weighted by molar-refractivity contribution is 0.112. The molecule has 3 heterocycles. The molecule has 0 amide bonds. The fourth-order valence-electron chi connectivity index (χ4n) is 4.70. The van der Waals surface area contributed by atoms with E-state index in [2.05, 4.69) is 15.0 Å². The van der Waals surface area contributed by atoms with Crippen LogP contribution in [0.25, 0.3) is 55.8 Å². The Hall–Kier alpha value is -5.10. The minimum atomic E-state index is -3.78. The lowest BCUT2D eigenvalue weighted by atomic mass is 10.0. The molecular formula is C29H20F2N4O5S. The van der Waals surface area contributed by atoms with Crippen LogP contribution in [0.2, 0.25) is 0 Å². The van der Waals surface area contributed by atoms with Gasteiger partial charge in [0.25, 0.3) is 5.56 Å². The van der Waals surface area contributed by atoms with E-state index < -0.39 is 27.2 Å². The number of H-pyrrole nitrogens is 2. The number of rotatable bonds is 6. The number of carbonyl (C=O) groups is 1. The van der Waals surface area contributed by atoms with Crippen molar-refractivity contribution in [2.75, 3.05) is 17.6 Å². The van der Waals surface area contributed by atoms with Crippen LogP contribution >= 0.6 is 0 Å². The Kier molecular flexibility index (Phi) is 6.07. The monoisotopic (exact) mass is 574 g/mol. The molecule has 0 unspecified atom stereocenters. The molecule has 3 aromatic carbocycles. The molecular weight excluding hydrogens is 554 g/mol. The molecule has 3 aromatic heterocycles. The Bertz CT molecular complexity index is 2170. The number of carbonyl (C=O) groups excluding carboxylic acids is 1. The number of hydrogen-bond acceptors (Lipinski definition) is 6. The Morgan fingerprint density at radius 2 is 1.78 bits per heavy atom. The Labute approximate surface area is 231 Å². The van der Waals surface area contributed by atoms with Crippen molar-refractivity contribution in [2.24, 2.45) is 0 Å². The van der Waals surface area contributed by atoms with Gasteiger partial charge in [0.05, 0.1) is 28.9 Å². The number of aromatic nitrogens is 3. The summed E-state index contributed by atoms with van der Waals surface area (Å²) in [5.74, 6) is -0.761. The van der Waals surface area contributed by atoms with Crippen molar-refractivity contribution in [2.45, 2.75) is 0 Å². The second-order valence-corrected chi connectivity index (χ2v) is 11.4. The van der Waals surface area contributed by atoms with Gasteiger partial charge >= 0.3 is 0 Å². The van der Waals surface area contributed by atoms with Gasteiger partial charge in [0.1, 0.15) is 23.0 Å². The molecule has 9 nitrogen and oxygen atoms in total. The molecule has 0 atom stereocenters. The normalized spacial score (nSPS) is 11.8. The minimum absolute atomic E-state index is 0.0547. The maximum atomic E-state index is 14.3. The van der Waals surface area contributed by atoms with Crippen molar-refractivity contribution in [3.63, 3.8) is 0 Å². The minimum Gasteiger partial charge on any atom is -0.455 e. The summed E-state index contributed by atoms with van der Waals surface area (Å²) in [6, 6.07) is 14.3. The largest absolute Gasteiger partial charge is 0.455 e. The molecule has 206 valence electrons. The summed E-state index contributed by atoms with van der Waals surface area (Å²) in [6.45, 7) is 0. The Morgan fingerprint density at radius 1 is 1.02 bits per heavy atom. The molecule has 6 rings (SSSR count). The lowest BCUT2D eigenvalue weighted by Crippen LogP contribution is -2.25. The molecule has 41 heavy (non-hydrogen) atoms. The predicted octanol–water partition coefficient (Wildman–Crippen LogP) is 5.48. The molecule has 0 aliphatic carbocycles. The number of anilines is 1. The molecule has 12 heteroatoms. The van der Waals surface area contributed by atoms with Gasteiger partial charge in [0, 0.05) is 46.7 Å². The molecule has 0 spiro atoms.